The highest BCUT2D eigenvalue weighted by atomic mass is 35.5. The summed E-state index contributed by atoms with van der Waals surface area (Å²) in [6.07, 6.45) is 1.37. The second-order valence-electron chi connectivity index (χ2n) is 8.75. The summed E-state index contributed by atoms with van der Waals surface area (Å²) < 4.78 is 11.6. The van der Waals surface area contributed by atoms with Crippen molar-refractivity contribution in [2.45, 2.75) is 13.5 Å². The molecule has 8 heteroatoms. The lowest BCUT2D eigenvalue weighted by Gasteiger charge is -2.26. The molecule has 1 aliphatic rings. The topological polar surface area (TPSA) is 84.9 Å². The van der Waals surface area contributed by atoms with E-state index in [1.807, 2.05) is 49.4 Å². The number of imide groups is 2. The predicted molar refractivity (Wildman–Crippen MR) is 146 cm³/mol. The standard InChI is InChI=1S/C30H23ClN2O5/c1-18-10-12-22(13-11-18)33-29(35)24(28(34)32-30(33)36)14-19-15-25(31)27(26(16-19)37-2)38-17-21-8-5-7-20-6-3-4-9-23(20)21/h3-16H,17H2,1-2H3,(H,32,34,36)/b24-14+. The molecule has 4 amide bonds. The van der Waals surface area contributed by atoms with E-state index in [-0.39, 0.29) is 17.2 Å². The summed E-state index contributed by atoms with van der Waals surface area (Å²) in [5.41, 5.74) is 2.52. The van der Waals surface area contributed by atoms with Crippen LogP contribution in [0.2, 0.25) is 5.02 Å². The maximum absolute atomic E-state index is 13.2. The predicted octanol–water partition coefficient (Wildman–Crippen LogP) is 6.06. The quantitative estimate of drug-likeness (QED) is 0.244. The second kappa shape index (κ2) is 10.4. The molecule has 0 atom stereocenters. The van der Waals surface area contributed by atoms with Gasteiger partial charge < -0.3 is 9.47 Å². The first-order valence-corrected chi connectivity index (χ1v) is 12.2. The van der Waals surface area contributed by atoms with Gasteiger partial charge in [-0.05, 0) is 59.2 Å². The Labute approximate surface area is 224 Å². The third kappa shape index (κ3) is 4.84. The SMILES string of the molecule is COc1cc(/C=C2\C(=O)NC(=O)N(c3ccc(C)cc3)C2=O)cc(Cl)c1OCc1cccc2ccccc12. The van der Waals surface area contributed by atoms with Crippen molar-refractivity contribution in [1.82, 2.24) is 5.32 Å². The van der Waals surface area contributed by atoms with Gasteiger partial charge in [0.25, 0.3) is 11.8 Å². The largest absolute Gasteiger partial charge is 0.493 e. The molecule has 7 nitrogen and oxygen atoms in total. The number of nitrogens with one attached hydrogen (secondary N) is 1. The first kappa shape index (κ1) is 25.0. The van der Waals surface area contributed by atoms with Gasteiger partial charge in [-0.3, -0.25) is 14.9 Å². The number of anilines is 1. The summed E-state index contributed by atoms with van der Waals surface area (Å²) in [4.78, 5) is 39.2. The number of carbonyl (C=O) groups is 3. The Kier molecular flexibility index (Phi) is 6.85. The molecular weight excluding hydrogens is 504 g/mol. The van der Waals surface area contributed by atoms with E-state index in [9.17, 15) is 14.4 Å². The Hall–Kier alpha value is -4.62. The molecule has 0 aliphatic carbocycles. The minimum atomic E-state index is -0.811. The number of benzene rings is 4. The highest BCUT2D eigenvalue weighted by Crippen LogP contribution is 2.38. The van der Waals surface area contributed by atoms with Gasteiger partial charge in [0.2, 0.25) is 0 Å². The van der Waals surface area contributed by atoms with E-state index in [2.05, 4.69) is 5.32 Å². The number of rotatable bonds is 6. The summed E-state index contributed by atoms with van der Waals surface area (Å²) >= 11 is 6.57. The van der Waals surface area contributed by atoms with Crippen molar-refractivity contribution in [3.63, 3.8) is 0 Å². The first-order valence-electron chi connectivity index (χ1n) is 11.8. The van der Waals surface area contributed by atoms with Crippen LogP contribution in [0.25, 0.3) is 16.8 Å². The number of urea groups is 1. The van der Waals surface area contributed by atoms with Crippen LogP contribution in [0, 0.1) is 6.92 Å². The van der Waals surface area contributed by atoms with Gasteiger partial charge in [0.05, 0.1) is 17.8 Å². The van der Waals surface area contributed by atoms with Gasteiger partial charge in [-0.25, -0.2) is 9.69 Å². The molecule has 1 saturated heterocycles. The van der Waals surface area contributed by atoms with Crippen LogP contribution in [0.5, 0.6) is 11.5 Å². The van der Waals surface area contributed by atoms with Crippen LogP contribution in [0.15, 0.2) is 84.4 Å². The molecule has 190 valence electrons. The number of methoxy groups -OCH3 is 1. The van der Waals surface area contributed by atoms with Gasteiger partial charge >= 0.3 is 6.03 Å². The molecule has 0 bridgehead atoms. The first-order chi connectivity index (χ1) is 18.4. The highest BCUT2D eigenvalue weighted by molar-refractivity contribution is 6.39. The number of hydrogen-bond acceptors (Lipinski definition) is 5. The summed E-state index contributed by atoms with van der Waals surface area (Å²) in [7, 11) is 1.48. The van der Waals surface area contributed by atoms with Crippen LogP contribution in [0.3, 0.4) is 0 Å². The van der Waals surface area contributed by atoms with Gasteiger partial charge in [-0.15, -0.1) is 0 Å². The van der Waals surface area contributed by atoms with Crippen molar-refractivity contribution in [3.8, 4) is 11.5 Å². The van der Waals surface area contributed by atoms with Gasteiger partial charge in [-0.2, -0.15) is 0 Å². The molecule has 0 unspecified atom stereocenters. The van der Waals surface area contributed by atoms with E-state index in [4.69, 9.17) is 21.1 Å². The zero-order valence-corrected chi connectivity index (χ0v) is 21.4. The van der Waals surface area contributed by atoms with Gasteiger partial charge in [0.15, 0.2) is 11.5 Å². The van der Waals surface area contributed by atoms with E-state index >= 15 is 0 Å². The third-order valence-electron chi connectivity index (χ3n) is 6.21. The summed E-state index contributed by atoms with van der Waals surface area (Å²) in [5.74, 6) is -0.872. The van der Waals surface area contributed by atoms with Crippen LogP contribution < -0.4 is 19.7 Å². The van der Waals surface area contributed by atoms with E-state index in [1.165, 1.54) is 13.2 Å². The lowest BCUT2D eigenvalue weighted by Crippen LogP contribution is -2.54. The van der Waals surface area contributed by atoms with Gasteiger partial charge in [0, 0.05) is 0 Å². The van der Waals surface area contributed by atoms with Crippen LogP contribution in [-0.2, 0) is 16.2 Å². The minimum absolute atomic E-state index is 0.215. The molecule has 1 aliphatic heterocycles. The lowest BCUT2D eigenvalue weighted by molar-refractivity contribution is -0.122. The smallest absolute Gasteiger partial charge is 0.335 e. The van der Waals surface area contributed by atoms with Crippen LogP contribution in [0.1, 0.15) is 16.7 Å². The van der Waals surface area contributed by atoms with Crippen molar-refractivity contribution in [2.24, 2.45) is 0 Å². The normalized spacial score (nSPS) is 14.7. The van der Waals surface area contributed by atoms with Crippen molar-refractivity contribution in [2.75, 3.05) is 12.0 Å². The number of carbonyl (C=O) groups excluding carboxylic acids is 3. The third-order valence-corrected chi connectivity index (χ3v) is 6.49. The van der Waals surface area contributed by atoms with Gasteiger partial charge in [-0.1, -0.05) is 71.8 Å². The molecule has 5 rings (SSSR count). The number of halogens is 1. The molecule has 0 aromatic heterocycles. The van der Waals surface area contributed by atoms with Crippen LogP contribution in [0.4, 0.5) is 10.5 Å². The zero-order chi connectivity index (χ0) is 26.8. The fraction of sp³-hybridized carbons (Fsp3) is 0.100. The number of amides is 4. The number of barbiturate groups is 1. The maximum atomic E-state index is 13.2. The minimum Gasteiger partial charge on any atom is -0.493 e. The molecule has 4 aromatic carbocycles. The van der Waals surface area contributed by atoms with Crippen LogP contribution in [-0.4, -0.2) is 25.0 Å². The fourth-order valence-electron chi connectivity index (χ4n) is 4.28. The van der Waals surface area contributed by atoms with Crippen molar-refractivity contribution in [1.29, 1.82) is 0 Å². The lowest BCUT2D eigenvalue weighted by atomic mass is 10.1. The molecular formula is C30H23ClN2O5. The van der Waals surface area contributed by atoms with E-state index in [0.29, 0.717) is 22.7 Å². The summed E-state index contributed by atoms with van der Waals surface area (Å²) in [6, 6.07) is 23.2. The average Bonchev–Trinajstić information content (AvgIpc) is 2.91. The van der Waals surface area contributed by atoms with Gasteiger partial charge in [0.1, 0.15) is 12.2 Å². The second-order valence-corrected chi connectivity index (χ2v) is 9.16. The Morgan fingerprint density at radius 2 is 1.68 bits per heavy atom. The molecule has 0 spiro atoms. The Bertz CT molecular complexity index is 1610. The summed E-state index contributed by atoms with van der Waals surface area (Å²) in [5, 5.41) is 4.63. The van der Waals surface area contributed by atoms with Crippen molar-refractivity contribution in [3.05, 3.63) is 106 Å². The Morgan fingerprint density at radius 1 is 0.947 bits per heavy atom. The zero-order valence-electron chi connectivity index (χ0n) is 20.7. The average molecular weight is 527 g/mol. The van der Waals surface area contributed by atoms with E-state index < -0.39 is 17.8 Å². The molecule has 38 heavy (non-hydrogen) atoms. The van der Waals surface area contributed by atoms with E-state index in [1.54, 1.807) is 36.4 Å². The maximum Gasteiger partial charge on any atom is 0.335 e. The van der Waals surface area contributed by atoms with Crippen molar-refractivity contribution < 1.29 is 23.9 Å². The van der Waals surface area contributed by atoms with Crippen molar-refractivity contribution >= 4 is 52.0 Å². The fourth-order valence-corrected chi connectivity index (χ4v) is 4.56. The highest BCUT2D eigenvalue weighted by Gasteiger charge is 2.36. The molecule has 1 N–H and O–H groups in total. The molecule has 0 saturated carbocycles. The molecule has 0 radical (unpaired) electrons. The monoisotopic (exact) mass is 526 g/mol. The Morgan fingerprint density at radius 3 is 2.45 bits per heavy atom. The molecule has 4 aromatic rings. The number of fused-ring (bicyclic) bond motifs is 1. The van der Waals surface area contributed by atoms with Crippen LogP contribution >= 0.6 is 11.6 Å². The molecule has 1 heterocycles. The number of aryl methyl sites for hydroxylation is 1. The number of hydrogen-bond donors (Lipinski definition) is 1. The van der Waals surface area contributed by atoms with E-state index in [0.717, 1.165) is 26.8 Å². The number of nitrogens with zero attached hydrogens (tertiary/aromatic N) is 1. The Balaban J connectivity index is 1.44. The summed E-state index contributed by atoms with van der Waals surface area (Å²) in [6.45, 7) is 2.15. The number of ether oxygens (including phenoxy) is 2. The molecule has 1 fully saturated rings.